The first-order valence-electron chi connectivity index (χ1n) is 7.54. The lowest BCUT2D eigenvalue weighted by atomic mass is 10.0. The van der Waals surface area contributed by atoms with Crippen LogP contribution >= 0.6 is 0 Å². The minimum absolute atomic E-state index is 0.245. The molecule has 0 amide bonds. The SMILES string of the molecule is C/C1=C\C(=O)CCCCCCCCCc2cc1co2. The lowest BCUT2D eigenvalue weighted by Gasteiger charge is -2.01. The summed E-state index contributed by atoms with van der Waals surface area (Å²) in [5.41, 5.74) is 2.08. The molecule has 1 heterocycles. The van der Waals surface area contributed by atoms with E-state index in [1.54, 1.807) is 12.3 Å². The number of hydrogen-bond donors (Lipinski definition) is 0. The summed E-state index contributed by atoms with van der Waals surface area (Å²) in [6, 6.07) is 2.08. The van der Waals surface area contributed by atoms with Crippen molar-refractivity contribution in [2.45, 2.75) is 64.7 Å². The summed E-state index contributed by atoms with van der Waals surface area (Å²) in [5.74, 6) is 1.29. The highest BCUT2D eigenvalue weighted by atomic mass is 16.3. The van der Waals surface area contributed by atoms with Crippen molar-refractivity contribution in [1.82, 2.24) is 0 Å². The van der Waals surface area contributed by atoms with Crippen LogP contribution in [-0.2, 0) is 11.2 Å². The topological polar surface area (TPSA) is 30.2 Å². The molecule has 0 unspecified atom stereocenters. The summed E-state index contributed by atoms with van der Waals surface area (Å²) in [4.78, 5) is 11.8. The average Bonchev–Trinajstić information content (AvgIpc) is 2.84. The standard InChI is InChI=1S/C17H24O2/c1-14-11-16(18)9-7-5-3-2-4-6-8-10-17-12-15(14)13-19-17/h11-13H,2-10H2,1H3/b14-11+. The number of hydrogen-bond acceptors (Lipinski definition) is 2. The van der Waals surface area contributed by atoms with Crippen LogP contribution in [0.3, 0.4) is 0 Å². The van der Waals surface area contributed by atoms with E-state index in [-0.39, 0.29) is 5.78 Å². The Morgan fingerprint density at radius 3 is 2.32 bits per heavy atom. The lowest BCUT2D eigenvalue weighted by Crippen LogP contribution is -1.94. The van der Waals surface area contributed by atoms with Gasteiger partial charge in [0.15, 0.2) is 5.78 Å². The van der Waals surface area contributed by atoms with Crippen LogP contribution in [0.5, 0.6) is 0 Å². The highest BCUT2D eigenvalue weighted by Gasteiger charge is 2.06. The summed E-state index contributed by atoms with van der Waals surface area (Å²) < 4.78 is 5.57. The second-order valence-corrected chi connectivity index (χ2v) is 5.57. The number of ketones is 1. The third-order valence-corrected chi connectivity index (χ3v) is 3.83. The van der Waals surface area contributed by atoms with Crippen LogP contribution < -0.4 is 0 Å². The maximum absolute atomic E-state index is 11.8. The van der Waals surface area contributed by atoms with Crippen molar-refractivity contribution in [2.24, 2.45) is 0 Å². The fourth-order valence-corrected chi connectivity index (χ4v) is 2.60. The quantitative estimate of drug-likeness (QED) is 0.662. The Kier molecular flexibility index (Phi) is 5.44. The van der Waals surface area contributed by atoms with Gasteiger partial charge in [-0.05, 0) is 37.5 Å². The molecule has 0 aliphatic heterocycles. The third-order valence-electron chi connectivity index (χ3n) is 3.83. The molecule has 19 heavy (non-hydrogen) atoms. The van der Waals surface area contributed by atoms with E-state index in [1.165, 1.54) is 38.5 Å². The van der Waals surface area contributed by atoms with E-state index >= 15 is 0 Å². The average molecular weight is 260 g/mol. The van der Waals surface area contributed by atoms with Gasteiger partial charge < -0.3 is 4.42 Å². The van der Waals surface area contributed by atoms with Gasteiger partial charge in [0.05, 0.1) is 6.26 Å². The van der Waals surface area contributed by atoms with Gasteiger partial charge in [-0.1, -0.05) is 32.1 Å². The molecular weight excluding hydrogens is 236 g/mol. The first-order valence-corrected chi connectivity index (χ1v) is 7.54. The smallest absolute Gasteiger partial charge is 0.155 e. The molecule has 104 valence electrons. The predicted octanol–water partition coefficient (Wildman–Crippen LogP) is 4.93. The van der Waals surface area contributed by atoms with Crippen molar-refractivity contribution in [1.29, 1.82) is 0 Å². The minimum Gasteiger partial charge on any atom is -0.469 e. The number of rotatable bonds is 0. The molecule has 0 saturated heterocycles. The molecule has 2 rings (SSSR count). The number of aryl methyl sites for hydroxylation is 1. The van der Waals surface area contributed by atoms with Crippen molar-refractivity contribution >= 4 is 11.4 Å². The predicted molar refractivity (Wildman–Crippen MR) is 78.0 cm³/mol. The van der Waals surface area contributed by atoms with E-state index in [9.17, 15) is 4.79 Å². The number of carbonyl (C=O) groups excluding carboxylic acids is 1. The Balaban J connectivity index is 2.06. The van der Waals surface area contributed by atoms with Crippen LogP contribution in [0.25, 0.3) is 5.57 Å². The summed E-state index contributed by atoms with van der Waals surface area (Å²) >= 11 is 0. The van der Waals surface area contributed by atoms with E-state index in [4.69, 9.17) is 4.42 Å². The van der Waals surface area contributed by atoms with Gasteiger partial charge in [0.1, 0.15) is 5.76 Å². The molecule has 0 atom stereocenters. The third kappa shape index (κ3) is 4.70. The molecule has 0 radical (unpaired) electrons. The molecule has 1 aliphatic rings. The number of carbonyl (C=O) groups is 1. The number of allylic oxidation sites excluding steroid dienone is 2. The molecule has 0 N–H and O–H groups in total. The van der Waals surface area contributed by atoms with Crippen LogP contribution in [0, 0.1) is 0 Å². The summed E-state index contributed by atoms with van der Waals surface area (Å²) in [6.45, 7) is 1.99. The van der Waals surface area contributed by atoms with Crippen LogP contribution in [0.4, 0.5) is 0 Å². The Morgan fingerprint density at radius 1 is 0.947 bits per heavy atom. The van der Waals surface area contributed by atoms with Crippen molar-refractivity contribution in [3.05, 3.63) is 29.7 Å². The van der Waals surface area contributed by atoms with Crippen molar-refractivity contribution in [3.8, 4) is 0 Å². The van der Waals surface area contributed by atoms with Gasteiger partial charge in [-0.15, -0.1) is 0 Å². The fourth-order valence-electron chi connectivity index (χ4n) is 2.60. The number of furan rings is 1. The molecule has 0 fully saturated rings. The van der Waals surface area contributed by atoms with E-state index in [2.05, 4.69) is 6.07 Å². The van der Waals surface area contributed by atoms with Crippen LogP contribution in [0.2, 0.25) is 0 Å². The highest BCUT2D eigenvalue weighted by molar-refractivity contribution is 5.96. The highest BCUT2D eigenvalue weighted by Crippen LogP contribution is 2.20. The first-order chi connectivity index (χ1) is 9.25. The van der Waals surface area contributed by atoms with E-state index < -0.39 is 0 Å². The molecule has 0 aromatic carbocycles. The molecule has 2 bridgehead atoms. The molecular formula is C17H24O2. The van der Waals surface area contributed by atoms with Gasteiger partial charge in [-0.2, -0.15) is 0 Å². The Labute approximate surface area is 115 Å². The molecule has 2 heteroatoms. The monoisotopic (exact) mass is 260 g/mol. The van der Waals surface area contributed by atoms with Gasteiger partial charge in [-0.3, -0.25) is 4.79 Å². The number of fused-ring (bicyclic) bond motifs is 2. The molecule has 0 spiro atoms. The maximum atomic E-state index is 11.8. The van der Waals surface area contributed by atoms with Gasteiger partial charge in [-0.25, -0.2) is 0 Å². The fraction of sp³-hybridized carbons (Fsp3) is 0.588. The van der Waals surface area contributed by atoms with Crippen molar-refractivity contribution < 1.29 is 9.21 Å². The Morgan fingerprint density at radius 2 is 1.58 bits per heavy atom. The van der Waals surface area contributed by atoms with E-state index in [1.807, 2.05) is 6.92 Å². The second-order valence-electron chi connectivity index (χ2n) is 5.57. The zero-order chi connectivity index (χ0) is 13.5. The van der Waals surface area contributed by atoms with Gasteiger partial charge in [0.25, 0.3) is 0 Å². The molecule has 2 nitrogen and oxygen atoms in total. The Bertz CT molecular complexity index is 440. The zero-order valence-corrected chi connectivity index (χ0v) is 11.9. The minimum atomic E-state index is 0.245. The normalized spacial score (nSPS) is 22.2. The second kappa shape index (κ2) is 7.32. The van der Waals surface area contributed by atoms with Crippen molar-refractivity contribution in [2.75, 3.05) is 0 Å². The summed E-state index contributed by atoms with van der Waals surface area (Å²) in [5, 5.41) is 0. The Hall–Kier alpha value is -1.31. The van der Waals surface area contributed by atoms with Crippen LogP contribution in [0.15, 0.2) is 22.8 Å². The van der Waals surface area contributed by atoms with E-state index in [0.29, 0.717) is 6.42 Å². The zero-order valence-electron chi connectivity index (χ0n) is 11.9. The van der Waals surface area contributed by atoms with Crippen molar-refractivity contribution in [3.63, 3.8) is 0 Å². The van der Waals surface area contributed by atoms with Gasteiger partial charge >= 0.3 is 0 Å². The molecule has 1 aromatic rings. The maximum Gasteiger partial charge on any atom is 0.155 e. The van der Waals surface area contributed by atoms with E-state index in [0.717, 1.165) is 29.7 Å². The first kappa shape index (κ1) is 14.1. The molecule has 1 aliphatic carbocycles. The van der Waals surface area contributed by atoms with Crippen LogP contribution in [-0.4, -0.2) is 5.78 Å². The molecule has 1 aromatic heterocycles. The lowest BCUT2D eigenvalue weighted by molar-refractivity contribution is -0.114. The van der Waals surface area contributed by atoms with Gasteiger partial charge in [0, 0.05) is 18.4 Å². The summed E-state index contributed by atoms with van der Waals surface area (Å²) in [6.07, 6.45) is 13.8. The van der Waals surface area contributed by atoms with Crippen LogP contribution in [0.1, 0.15) is 69.6 Å². The largest absolute Gasteiger partial charge is 0.469 e. The van der Waals surface area contributed by atoms with Gasteiger partial charge in [0.2, 0.25) is 0 Å². The summed E-state index contributed by atoms with van der Waals surface area (Å²) in [7, 11) is 0. The molecule has 0 saturated carbocycles.